The molecule has 19 nitrogen and oxygen atoms in total. The standard InChI is InChI=1S/C50H61N13O6/c1-7-62-39(23-30(3)57-62)47(66)55-49-53-37-26-35(45(51)64)28-41(68-6)43(37)60(49)18-10-11-19-61-44-38(54-50(61)56-48(67)40-24-31(4)58-63(40)8-2)27-36(46(52)65)29-42(44)69-22-12-9-13-33-16-20-59(21-17-33)32(5)25-34-14-15-34/h23-24,26-29,33-34H,5,7-8,10-11,13-22,25H2,1-4,6H3,(H2,51,64)(H2,52,65)(H,53,55,66)(H,54,56,67). The fourth-order valence-electron chi connectivity index (χ4n) is 9.07. The smallest absolute Gasteiger partial charge is 0.276 e. The predicted molar refractivity (Wildman–Crippen MR) is 262 cm³/mol. The zero-order valence-electron chi connectivity index (χ0n) is 40.1. The van der Waals surface area contributed by atoms with E-state index in [1.165, 1.54) is 25.6 Å². The number of carbonyl (C=O) groups is 4. The fraction of sp³-hybridized carbons (Fsp3) is 0.440. The Bertz CT molecular complexity index is 3010. The van der Waals surface area contributed by atoms with Crippen molar-refractivity contribution >= 4 is 57.6 Å². The Morgan fingerprint density at radius 3 is 1.71 bits per heavy atom. The van der Waals surface area contributed by atoms with Gasteiger partial charge in [0.05, 0.1) is 29.5 Å². The molecule has 0 bridgehead atoms. The molecule has 4 amide bonds. The van der Waals surface area contributed by atoms with E-state index in [0.717, 1.165) is 44.7 Å². The number of methoxy groups -OCH3 is 1. The summed E-state index contributed by atoms with van der Waals surface area (Å²) in [5.41, 5.74) is 17.1. The van der Waals surface area contributed by atoms with Crippen molar-refractivity contribution in [3.8, 4) is 23.3 Å². The van der Waals surface area contributed by atoms with E-state index in [9.17, 15) is 19.2 Å². The lowest BCUT2D eigenvalue weighted by Crippen LogP contribution is -2.32. The molecule has 0 radical (unpaired) electrons. The van der Waals surface area contributed by atoms with Crippen LogP contribution in [0.3, 0.4) is 0 Å². The van der Waals surface area contributed by atoms with Gasteiger partial charge in [-0.1, -0.05) is 18.4 Å². The summed E-state index contributed by atoms with van der Waals surface area (Å²) in [6.45, 7) is 15.5. The Hall–Kier alpha value is -7.62. The number of likely N-dealkylation sites (tertiary alicyclic amines) is 1. The zero-order chi connectivity index (χ0) is 48.9. The van der Waals surface area contributed by atoms with Gasteiger partial charge in [0, 0.05) is 62.5 Å². The number of benzene rings is 2. The lowest BCUT2D eigenvalue weighted by atomic mass is 9.93. The van der Waals surface area contributed by atoms with Crippen LogP contribution >= 0.6 is 0 Å². The highest BCUT2D eigenvalue weighted by Gasteiger charge is 2.27. The topological polar surface area (TPSA) is 237 Å². The van der Waals surface area contributed by atoms with Crippen molar-refractivity contribution in [2.75, 3.05) is 37.4 Å². The van der Waals surface area contributed by atoms with Gasteiger partial charge in [-0.05, 0) is 121 Å². The normalized spacial score (nSPS) is 13.9. The maximum atomic E-state index is 13.9. The number of unbranched alkanes of at least 4 members (excludes halogenated alkanes) is 1. The van der Waals surface area contributed by atoms with Crippen LogP contribution in [0.1, 0.15) is 118 Å². The molecule has 0 spiro atoms. The number of hydrogen-bond donors (Lipinski definition) is 4. The summed E-state index contributed by atoms with van der Waals surface area (Å²) in [7, 11) is 1.49. The van der Waals surface area contributed by atoms with Gasteiger partial charge in [-0.2, -0.15) is 10.2 Å². The van der Waals surface area contributed by atoms with Gasteiger partial charge in [0.1, 0.15) is 40.5 Å². The monoisotopic (exact) mass is 939 g/mol. The minimum Gasteiger partial charge on any atom is -0.494 e. The molecule has 1 aliphatic heterocycles. The lowest BCUT2D eigenvalue weighted by molar-refractivity contribution is 0.0991. The number of hydrogen-bond acceptors (Lipinski definition) is 11. The SMILES string of the molecule is C=C(CC1CC1)N1CCC(CC#CCOc2cc(C(N)=O)cc3nc(NC(=O)c4cc(C)nn4CC)n(CCCCn4c(NC(=O)c5cc(C)nn5CC)nc5cc(C(N)=O)cc(OC)c54)c23)CC1. The van der Waals surface area contributed by atoms with Gasteiger partial charge >= 0.3 is 0 Å². The van der Waals surface area contributed by atoms with Gasteiger partial charge < -0.3 is 35.0 Å². The highest BCUT2D eigenvalue weighted by atomic mass is 16.5. The molecule has 1 saturated carbocycles. The number of allylic oxidation sites excluding steroid dienone is 1. The van der Waals surface area contributed by atoms with E-state index in [4.69, 9.17) is 30.9 Å². The van der Waals surface area contributed by atoms with E-state index in [-0.39, 0.29) is 29.6 Å². The number of piperidine rings is 1. The maximum Gasteiger partial charge on any atom is 0.276 e. The number of aryl methyl sites for hydroxylation is 6. The quantitative estimate of drug-likeness (QED) is 0.0481. The van der Waals surface area contributed by atoms with Crippen LogP contribution in [0.5, 0.6) is 11.5 Å². The van der Waals surface area contributed by atoms with E-state index in [1.807, 2.05) is 36.8 Å². The van der Waals surface area contributed by atoms with Crippen LogP contribution in [-0.4, -0.2) is 94.0 Å². The van der Waals surface area contributed by atoms with Crippen LogP contribution in [0.2, 0.25) is 0 Å². The number of carbonyl (C=O) groups excluding carboxylic acids is 4. The summed E-state index contributed by atoms with van der Waals surface area (Å²) in [5.74, 6) is 6.83. The molecule has 0 unspecified atom stereocenters. The summed E-state index contributed by atoms with van der Waals surface area (Å²) in [5, 5.41) is 14.8. The average molecular weight is 940 g/mol. The van der Waals surface area contributed by atoms with Crippen LogP contribution in [0.4, 0.5) is 11.9 Å². The van der Waals surface area contributed by atoms with E-state index >= 15 is 0 Å². The van der Waals surface area contributed by atoms with Gasteiger partial charge in [0.25, 0.3) is 11.8 Å². The van der Waals surface area contributed by atoms with Crippen LogP contribution in [0, 0.1) is 37.5 Å². The van der Waals surface area contributed by atoms with Crippen molar-refractivity contribution in [1.82, 2.24) is 43.6 Å². The number of anilines is 2. The van der Waals surface area contributed by atoms with E-state index in [2.05, 4.69) is 44.2 Å². The van der Waals surface area contributed by atoms with Crippen LogP contribution < -0.4 is 31.6 Å². The van der Waals surface area contributed by atoms with Gasteiger partial charge in [-0.15, -0.1) is 0 Å². The van der Waals surface area contributed by atoms with Crippen molar-refractivity contribution in [2.45, 2.75) is 105 Å². The minimum atomic E-state index is -0.662. The summed E-state index contributed by atoms with van der Waals surface area (Å²) >= 11 is 0. The molecule has 19 heteroatoms. The number of fused-ring (bicyclic) bond motifs is 2. The van der Waals surface area contributed by atoms with E-state index in [0.29, 0.717) is 101 Å². The van der Waals surface area contributed by atoms with Crippen LogP contribution in [-0.2, 0) is 26.2 Å². The second kappa shape index (κ2) is 20.7. The first-order valence-corrected chi connectivity index (χ1v) is 23.7. The van der Waals surface area contributed by atoms with Gasteiger partial charge in [-0.25, -0.2) is 9.97 Å². The number of nitrogens with zero attached hydrogens (tertiary/aromatic N) is 9. The fourth-order valence-corrected chi connectivity index (χ4v) is 9.07. The average Bonchev–Trinajstić information content (AvgIpc) is 3.59. The Balaban J connectivity index is 1.06. The molecule has 2 aromatic carbocycles. The highest BCUT2D eigenvalue weighted by molar-refractivity contribution is 6.05. The Kier molecular flexibility index (Phi) is 14.4. The van der Waals surface area contributed by atoms with E-state index < -0.39 is 23.6 Å². The molecule has 5 heterocycles. The summed E-state index contributed by atoms with van der Waals surface area (Å²) < 4.78 is 19.0. The Labute approximate surface area is 400 Å². The Morgan fingerprint density at radius 2 is 1.23 bits per heavy atom. The lowest BCUT2D eigenvalue weighted by Gasteiger charge is -2.34. The number of primary amides is 2. The summed E-state index contributed by atoms with van der Waals surface area (Å²) in [6.07, 6.45) is 7.66. The molecule has 6 N–H and O–H groups in total. The van der Waals surface area contributed by atoms with Crippen molar-refractivity contribution in [3.05, 3.63) is 82.6 Å². The van der Waals surface area contributed by atoms with Crippen LogP contribution in [0.25, 0.3) is 22.1 Å². The largest absolute Gasteiger partial charge is 0.494 e. The second-order valence-electron chi connectivity index (χ2n) is 17.9. The summed E-state index contributed by atoms with van der Waals surface area (Å²) in [6, 6.07) is 9.70. The first-order valence-electron chi connectivity index (χ1n) is 23.7. The molecular formula is C50H61N13O6. The first kappa shape index (κ1) is 47.9. The molecule has 6 aromatic rings. The highest BCUT2D eigenvalue weighted by Crippen LogP contribution is 2.37. The number of amides is 4. The third-order valence-electron chi connectivity index (χ3n) is 12.8. The molecule has 1 aliphatic carbocycles. The number of imidazole rings is 2. The number of rotatable bonds is 20. The van der Waals surface area contributed by atoms with Gasteiger partial charge in [0.15, 0.2) is 0 Å². The molecule has 0 atom stereocenters. The zero-order valence-corrected chi connectivity index (χ0v) is 40.1. The molecule has 69 heavy (non-hydrogen) atoms. The van der Waals surface area contributed by atoms with Crippen molar-refractivity contribution in [3.63, 3.8) is 0 Å². The van der Waals surface area contributed by atoms with E-state index in [1.54, 1.807) is 45.8 Å². The number of nitrogens with one attached hydrogen (secondary N) is 2. The molecule has 2 aliphatic rings. The molecule has 1 saturated heterocycles. The third-order valence-corrected chi connectivity index (χ3v) is 12.8. The maximum absolute atomic E-state index is 13.9. The molecule has 4 aromatic heterocycles. The van der Waals surface area contributed by atoms with Crippen molar-refractivity contribution in [2.24, 2.45) is 23.3 Å². The third kappa shape index (κ3) is 10.7. The molecule has 2 fully saturated rings. The number of aromatic nitrogens is 8. The minimum absolute atomic E-state index is 0.0519. The Morgan fingerprint density at radius 1 is 0.725 bits per heavy atom. The predicted octanol–water partition coefficient (Wildman–Crippen LogP) is 6.43. The molecular weight excluding hydrogens is 879 g/mol. The number of nitrogens with two attached hydrogens (primary N) is 2. The summed E-state index contributed by atoms with van der Waals surface area (Å²) in [4.78, 5) is 64.7. The first-order chi connectivity index (χ1) is 33.2. The second-order valence-corrected chi connectivity index (χ2v) is 17.9. The molecule has 8 rings (SSSR count). The van der Waals surface area contributed by atoms with Crippen LogP contribution in [0.15, 0.2) is 48.7 Å². The number of ether oxygens (including phenoxy) is 2. The van der Waals surface area contributed by atoms with Gasteiger partial charge in [0.2, 0.25) is 23.7 Å². The van der Waals surface area contributed by atoms with Gasteiger partial charge in [-0.3, -0.25) is 39.2 Å². The molecule has 362 valence electrons. The van der Waals surface area contributed by atoms with Crippen molar-refractivity contribution in [1.29, 1.82) is 0 Å². The van der Waals surface area contributed by atoms with Crippen molar-refractivity contribution < 1.29 is 28.7 Å².